The topological polar surface area (TPSA) is 63.3 Å². The Morgan fingerprint density at radius 3 is 2.29 bits per heavy atom. The van der Waals surface area contributed by atoms with Crippen LogP contribution >= 0.6 is 0 Å². The summed E-state index contributed by atoms with van der Waals surface area (Å²) in [5.41, 5.74) is 8.17. The van der Waals surface area contributed by atoms with Crippen molar-refractivity contribution in [2.45, 2.75) is 39.2 Å². The summed E-state index contributed by atoms with van der Waals surface area (Å²) in [5.74, 6) is -1.33. The number of hydrogen-bond acceptors (Lipinski definition) is 2. The van der Waals surface area contributed by atoms with Crippen molar-refractivity contribution in [2.75, 3.05) is 0 Å². The lowest BCUT2D eigenvalue weighted by Gasteiger charge is -2.19. The number of aryl methyl sites for hydroxylation is 1. The molecule has 0 radical (unpaired) electrons. The summed E-state index contributed by atoms with van der Waals surface area (Å²) >= 11 is 0. The van der Waals surface area contributed by atoms with Crippen LogP contribution in [0.15, 0.2) is 24.3 Å². The molecule has 0 aliphatic heterocycles. The minimum absolute atomic E-state index is 0.423. The number of carboxylic acids is 1. The molecule has 94 valence electrons. The molecular formula is C14H21NO2. The molecule has 0 fully saturated rings. The molecule has 0 aliphatic carbocycles. The standard InChI is InChI=1S/C14H21NO2/c1-3-5-10-6-8-11(9-7-10)13(15)12(4-2)14(16)17/h6-9,12-13H,3-5,15H2,1-2H3,(H,16,17). The van der Waals surface area contributed by atoms with Gasteiger partial charge in [-0.25, -0.2) is 0 Å². The van der Waals surface area contributed by atoms with E-state index in [0.29, 0.717) is 6.42 Å². The lowest BCUT2D eigenvalue weighted by molar-refractivity contribution is -0.142. The second-order valence-electron chi connectivity index (χ2n) is 4.37. The highest BCUT2D eigenvalue weighted by molar-refractivity contribution is 5.71. The van der Waals surface area contributed by atoms with Crippen LogP contribution in [0.25, 0.3) is 0 Å². The smallest absolute Gasteiger partial charge is 0.308 e. The molecule has 3 N–H and O–H groups in total. The van der Waals surface area contributed by atoms with Crippen LogP contribution in [0, 0.1) is 5.92 Å². The summed E-state index contributed by atoms with van der Waals surface area (Å²) in [6, 6.07) is 7.54. The summed E-state index contributed by atoms with van der Waals surface area (Å²) in [5, 5.41) is 9.06. The van der Waals surface area contributed by atoms with E-state index in [1.165, 1.54) is 5.56 Å². The number of benzene rings is 1. The highest BCUT2D eigenvalue weighted by Crippen LogP contribution is 2.23. The SMILES string of the molecule is CCCc1ccc(C(N)C(CC)C(=O)O)cc1. The second-order valence-corrected chi connectivity index (χ2v) is 4.37. The van der Waals surface area contributed by atoms with Gasteiger partial charge in [-0.05, 0) is 24.0 Å². The second kappa shape index (κ2) is 6.40. The first-order valence-corrected chi connectivity index (χ1v) is 6.17. The van der Waals surface area contributed by atoms with Crippen LogP contribution in [0.3, 0.4) is 0 Å². The molecule has 0 bridgehead atoms. The number of carboxylic acid groups (broad SMARTS) is 1. The molecule has 1 aromatic carbocycles. The van der Waals surface area contributed by atoms with E-state index < -0.39 is 17.9 Å². The molecule has 3 nitrogen and oxygen atoms in total. The Hall–Kier alpha value is -1.35. The Balaban J connectivity index is 2.81. The quantitative estimate of drug-likeness (QED) is 0.797. The normalized spacial score (nSPS) is 14.3. The molecule has 0 aromatic heterocycles. The third kappa shape index (κ3) is 3.56. The fraction of sp³-hybridized carbons (Fsp3) is 0.500. The third-order valence-electron chi connectivity index (χ3n) is 3.09. The average Bonchev–Trinajstić information content (AvgIpc) is 2.30. The molecule has 2 unspecified atom stereocenters. The zero-order chi connectivity index (χ0) is 12.8. The van der Waals surface area contributed by atoms with Crippen molar-refractivity contribution in [3.63, 3.8) is 0 Å². The van der Waals surface area contributed by atoms with Crippen molar-refractivity contribution < 1.29 is 9.90 Å². The number of hydrogen-bond donors (Lipinski definition) is 2. The maximum absolute atomic E-state index is 11.0. The van der Waals surface area contributed by atoms with Crippen molar-refractivity contribution >= 4 is 5.97 Å². The third-order valence-corrected chi connectivity index (χ3v) is 3.09. The predicted molar refractivity (Wildman–Crippen MR) is 68.8 cm³/mol. The first-order valence-electron chi connectivity index (χ1n) is 6.17. The molecule has 0 spiro atoms. The van der Waals surface area contributed by atoms with Gasteiger partial charge >= 0.3 is 5.97 Å². The van der Waals surface area contributed by atoms with Crippen molar-refractivity contribution in [1.82, 2.24) is 0 Å². The zero-order valence-electron chi connectivity index (χ0n) is 10.5. The monoisotopic (exact) mass is 235 g/mol. The van der Waals surface area contributed by atoms with E-state index in [1.807, 2.05) is 31.2 Å². The summed E-state index contributed by atoms with van der Waals surface area (Å²) in [6.45, 7) is 3.99. The molecule has 1 aromatic rings. The number of nitrogens with two attached hydrogens (primary N) is 1. The maximum atomic E-state index is 11.0. The van der Waals surface area contributed by atoms with Gasteiger partial charge in [0.2, 0.25) is 0 Å². The molecule has 0 amide bonds. The molecule has 0 heterocycles. The van der Waals surface area contributed by atoms with Gasteiger partial charge in [0.25, 0.3) is 0 Å². The molecular weight excluding hydrogens is 214 g/mol. The van der Waals surface area contributed by atoms with E-state index in [-0.39, 0.29) is 0 Å². The lowest BCUT2D eigenvalue weighted by Crippen LogP contribution is -2.27. The van der Waals surface area contributed by atoms with E-state index in [0.717, 1.165) is 18.4 Å². The van der Waals surface area contributed by atoms with Gasteiger partial charge in [-0.2, -0.15) is 0 Å². The van der Waals surface area contributed by atoms with Crippen LogP contribution in [-0.2, 0) is 11.2 Å². The van der Waals surface area contributed by atoms with Crippen LogP contribution in [-0.4, -0.2) is 11.1 Å². The average molecular weight is 235 g/mol. The molecule has 0 aliphatic rings. The van der Waals surface area contributed by atoms with Gasteiger partial charge in [-0.1, -0.05) is 44.5 Å². The van der Waals surface area contributed by atoms with Gasteiger partial charge in [0.15, 0.2) is 0 Å². The van der Waals surface area contributed by atoms with Crippen molar-refractivity contribution in [2.24, 2.45) is 11.7 Å². The first kappa shape index (κ1) is 13.7. The molecule has 2 atom stereocenters. The Morgan fingerprint density at radius 2 is 1.88 bits per heavy atom. The fourth-order valence-corrected chi connectivity index (χ4v) is 2.01. The maximum Gasteiger partial charge on any atom is 0.308 e. The van der Waals surface area contributed by atoms with Gasteiger partial charge in [-0.3, -0.25) is 4.79 Å². The van der Waals surface area contributed by atoms with E-state index in [2.05, 4.69) is 6.92 Å². The zero-order valence-corrected chi connectivity index (χ0v) is 10.5. The van der Waals surface area contributed by atoms with Crippen LogP contribution in [0.5, 0.6) is 0 Å². The summed E-state index contributed by atoms with van der Waals surface area (Å²) in [7, 11) is 0. The van der Waals surface area contributed by atoms with E-state index in [1.54, 1.807) is 0 Å². The molecule has 3 heteroatoms. The number of rotatable bonds is 6. The molecule has 1 rings (SSSR count). The van der Waals surface area contributed by atoms with Gasteiger partial charge < -0.3 is 10.8 Å². The van der Waals surface area contributed by atoms with Crippen LogP contribution in [0.2, 0.25) is 0 Å². The number of aliphatic carboxylic acids is 1. The van der Waals surface area contributed by atoms with Crippen molar-refractivity contribution in [3.05, 3.63) is 35.4 Å². The minimum Gasteiger partial charge on any atom is -0.481 e. The van der Waals surface area contributed by atoms with E-state index in [9.17, 15) is 4.79 Å². The number of carbonyl (C=O) groups is 1. The van der Waals surface area contributed by atoms with Gasteiger partial charge in [0, 0.05) is 6.04 Å². The fourth-order valence-electron chi connectivity index (χ4n) is 2.01. The minimum atomic E-state index is -0.822. The largest absolute Gasteiger partial charge is 0.481 e. The Bertz CT molecular complexity index is 359. The Morgan fingerprint density at radius 1 is 1.29 bits per heavy atom. The van der Waals surface area contributed by atoms with Gasteiger partial charge in [0.05, 0.1) is 5.92 Å². The predicted octanol–water partition coefficient (Wildman–Crippen LogP) is 2.75. The van der Waals surface area contributed by atoms with Crippen LogP contribution in [0.4, 0.5) is 0 Å². The summed E-state index contributed by atoms with van der Waals surface area (Å²) in [4.78, 5) is 11.0. The highest BCUT2D eigenvalue weighted by atomic mass is 16.4. The van der Waals surface area contributed by atoms with Crippen LogP contribution in [0.1, 0.15) is 43.9 Å². The van der Waals surface area contributed by atoms with Gasteiger partial charge in [0.1, 0.15) is 0 Å². The van der Waals surface area contributed by atoms with Crippen molar-refractivity contribution in [3.8, 4) is 0 Å². The first-order chi connectivity index (χ1) is 8.10. The van der Waals surface area contributed by atoms with Crippen LogP contribution < -0.4 is 5.73 Å². The highest BCUT2D eigenvalue weighted by Gasteiger charge is 2.24. The van der Waals surface area contributed by atoms with E-state index >= 15 is 0 Å². The molecule has 0 saturated carbocycles. The molecule has 17 heavy (non-hydrogen) atoms. The van der Waals surface area contributed by atoms with Gasteiger partial charge in [-0.15, -0.1) is 0 Å². The Labute approximate surface area is 103 Å². The van der Waals surface area contributed by atoms with Crippen molar-refractivity contribution in [1.29, 1.82) is 0 Å². The Kier molecular flexibility index (Phi) is 5.16. The molecule has 0 saturated heterocycles. The summed E-state index contributed by atoms with van der Waals surface area (Å²) in [6.07, 6.45) is 2.71. The van der Waals surface area contributed by atoms with E-state index in [4.69, 9.17) is 10.8 Å². The lowest BCUT2D eigenvalue weighted by atomic mass is 9.91. The summed E-state index contributed by atoms with van der Waals surface area (Å²) < 4.78 is 0.